The summed E-state index contributed by atoms with van der Waals surface area (Å²) in [6.45, 7) is 1.94. The molecule has 0 heterocycles. The third-order valence-corrected chi connectivity index (χ3v) is 5.86. The molecule has 34 heavy (non-hydrogen) atoms. The minimum atomic E-state index is -1.01. The van der Waals surface area contributed by atoms with E-state index in [9.17, 15) is 9.59 Å². The van der Waals surface area contributed by atoms with Gasteiger partial charge in [-0.15, -0.1) is 0 Å². The average Bonchev–Trinajstić information content (AvgIpc) is 2.85. The number of nitrogens with zero attached hydrogens (tertiary/aromatic N) is 1. The fourth-order valence-electron chi connectivity index (χ4n) is 4.24. The fraction of sp³-hybridized carbons (Fsp3) is 0.214. The van der Waals surface area contributed by atoms with E-state index in [4.69, 9.17) is 14.6 Å². The molecule has 0 bridgehead atoms. The van der Waals surface area contributed by atoms with Crippen LogP contribution in [0.2, 0.25) is 0 Å². The van der Waals surface area contributed by atoms with Gasteiger partial charge < -0.3 is 14.6 Å². The smallest absolute Gasteiger partial charge is 0.418 e. The van der Waals surface area contributed by atoms with Crippen molar-refractivity contribution in [1.82, 2.24) is 0 Å². The molecular weight excluding hydrogens is 430 g/mol. The van der Waals surface area contributed by atoms with Gasteiger partial charge in [0, 0.05) is 12.0 Å². The monoisotopic (exact) mass is 457 g/mol. The van der Waals surface area contributed by atoms with E-state index in [2.05, 4.69) is 6.92 Å². The number of fused-ring (bicyclic) bond motifs is 1. The zero-order valence-electron chi connectivity index (χ0n) is 19.1. The molecule has 3 aromatic carbocycles. The predicted octanol–water partition coefficient (Wildman–Crippen LogP) is 6.23. The number of hydrogen-bond donors (Lipinski definition) is 1. The van der Waals surface area contributed by atoms with Crippen LogP contribution in [0, 0.1) is 0 Å². The van der Waals surface area contributed by atoms with Crippen LogP contribution in [-0.2, 0) is 16.0 Å². The second-order valence-corrected chi connectivity index (χ2v) is 8.09. The number of carboxylic acids is 1. The van der Waals surface area contributed by atoms with Crippen molar-refractivity contribution in [1.29, 1.82) is 0 Å². The Morgan fingerprint density at radius 1 is 0.882 bits per heavy atom. The van der Waals surface area contributed by atoms with Crippen LogP contribution in [0.15, 0.2) is 84.4 Å². The number of para-hydroxylation sites is 2. The highest BCUT2D eigenvalue weighted by Crippen LogP contribution is 2.38. The van der Waals surface area contributed by atoms with Crippen LogP contribution >= 0.6 is 0 Å². The Morgan fingerprint density at radius 2 is 1.53 bits per heavy atom. The average molecular weight is 458 g/mol. The first-order valence-corrected chi connectivity index (χ1v) is 11.3. The molecule has 0 spiro atoms. The first kappa shape index (κ1) is 23.1. The Bertz CT molecular complexity index is 1150. The van der Waals surface area contributed by atoms with E-state index in [1.807, 2.05) is 72.8 Å². The molecule has 6 heteroatoms. The van der Waals surface area contributed by atoms with Gasteiger partial charge >= 0.3 is 12.1 Å². The zero-order valence-corrected chi connectivity index (χ0v) is 19.1. The van der Waals surface area contributed by atoms with Crippen molar-refractivity contribution in [3.05, 3.63) is 95.6 Å². The maximum atomic E-state index is 13.1. The maximum Gasteiger partial charge on any atom is 0.418 e. The van der Waals surface area contributed by atoms with E-state index in [0.717, 1.165) is 40.9 Å². The third kappa shape index (κ3) is 5.29. The number of benzene rings is 3. The normalized spacial score (nSPS) is 12.6. The second kappa shape index (κ2) is 10.7. The summed E-state index contributed by atoms with van der Waals surface area (Å²) in [6.07, 6.45) is 1.76. The molecule has 1 N–H and O–H groups in total. The lowest BCUT2D eigenvalue weighted by molar-refractivity contribution is -0.139. The molecule has 0 atom stereocenters. The van der Waals surface area contributed by atoms with Crippen LogP contribution in [0.1, 0.15) is 30.9 Å². The summed E-state index contributed by atoms with van der Waals surface area (Å²) < 4.78 is 11.2. The van der Waals surface area contributed by atoms with Crippen molar-refractivity contribution in [3.8, 4) is 5.75 Å². The van der Waals surface area contributed by atoms with Gasteiger partial charge in [0.2, 0.25) is 0 Å². The summed E-state index contributed by atoms with van der Waals surface area (Å²) in [4.78, 5) is 25.6. The molecule has 4 rings (SSSR count). The topological polar surface area (TPSA) is 76.1 Å². The molecular formula is C28H27NO5. The van der Waals surface area contributed by atoms with Crippen molar-refractivity contribution in [2.75, 3.05) is 18.1 Å². The third-order valence-electron chi connectivity index (χ3n) is 5.86. The molecule has 1 aliphatic carbocycles. The molecule has 0 aromatic heterocycles. The van der Waals surface area contributed by atoms with E-state index in [-0.39, 0.29) is 13.2 Å². The Morgan fingerprint density at radius 3 is 2.15 bits per heavy atom. The van der Waals surface area contributed by atoms with Crippen molar-refractivity contribution in [2.24, 2.45) is 0 Å². The molecule has 0 unspecified atom stereocenters. The van der Waals surface area contributed by atoms with Gasteiger partial charge in [-0.2, -0.15) is 0 Å². The fourth-order valence-corrected chi connectivity index (χ4v) is 4.24. The number of carbonyl (C=O) groups excluding carboxylic acids is 1. The first-order chi connectivity index (χ1) is 16.5. The Labute approximate surface area is 199 Å². The number of ether oxygens (including phenoxy) is 2. The van der Waals surface area contributed by atoms with Crippen molar-refractivity contribution >= 4 is 29.0 Å². The van der Waals surface area contributed by atoms with Crippen LogP contribution in [0.3, 0.4) is 0 Å². The Kier molecular flexibility index (Phi) is 7.28. The maximum absolute atomic E-state index is 13.1. The lowest BCUT2D eigenvalue weighted by atomic mass is 9.84. The van der Waals surface area contributed by atoms with Crippen LogP contribution in [0.25, 0.3) is 5.57 Å². The molecule has 6 nitrogen and oxygen atoms in total. The quantitative estimate of drug-likeness (QED) is 0.434. The molecule has 0 radical (unpaired) electrons. The van der Waals surface area contributed by atoms with E-state index in [1.54, 1.807) is 11.0 Å². The number of aliphatic carboxylic acids is 1. The number of anilines is 2. The molecule has 0 saturated carbocycles. The number of amides is 1. The van der Waals surface area contributed by atoms with Crippen molar-refractivity contribution in [3.63, 3.8) is 0 Å². The molecule has 1 aliphatic rings. The number of allylic oxidation sites excluding steroid dienone is 1. The van der Waals surface area contributed by atoms with Gasteiger partial charge in [-0.3, -0.25) is 0 Å². The highest BCUT2D eigenvalue weighted by Gasteiger charge is 2.22. The van der Waals surface area contributed by atoms with Crippen molar-refractivity contribution in [2.45, 2.75) is 26.2 Å². The first-order valence-electron chi connectivity index (χ1n) is 11.3. The largest absolute Gasteiger partial charge is 0.482 e. The summed E-state index contributed by atoms with van der Waals surface area (Å²) in [5.74, 6) is -0.408. The van der Waals surface area contributed by atoms with E-state index in [1.165, 1.54) is 5.57 Å². The predicted molar refractivity (Wildman–Crippen MR) is 131 cm³/mol. The van der Waals surface area contributed by atoms with Gasteiger partial charge in [-0.05, 0) is 61.2 Å². The summed E-state index contributed by atoms with van der Waals surface area (Å²) in [7, 11) is 0. The lowest BCUT2D eigenvalue weighted by Gasteiger charge is -2.25. The van der Waals surface area contributed by atoms with Gasteiger partial charge in [-0.25, -0.2) is 14.5 Å². The second-order valence-electron chi connectivity index (χ2n) is 8.09. The Balaban J connectivity index is 1.49. The molecule has 0 aliphatic heterocycles. The van der Waals surface area contributed by atoms with Gasteiger partial charge in [-0.1, -0.05) is 54.1 Å². The van der Waals surface area contributed by atoms with E-state index < -0.39 is 12.1 Å². The standard InChI is InChI=1S/C28H27NO5/c1-20-15-16-25-24(13-8-14-26(25)34-19-27(30)31)23(20)17-18-33-28(32)29(21-9-4-2-5-10-21)22-11-6-3-7-12-22/h2-14H,15-19H2,1H3,(H,30,31). The van der Waals surface area contributed by atoms with Gasteiger partial charge in [0.25, 0.3) is 0 Å². The van der Waals surface area contributed by atoms with E-state index >= 15 is 0 Å². The highest BCUT2D eigenvalue weighted by molar-refractivity contribution is 5.96. The number of hydrogen-bond acceptors (Lipinski definition) is 4. The van der Waals surface area contributed by atoms with E-state index in [0.29, 0.717) is 12.2 Å². The summed E-state index contributed by atoms with van der Waals surface area (Å²) in [5.41, 5.74) is 5.86. The summed E-state index contributed by atoms with van der Waals surface area (Å²) in [6, 6.07) is 24.5. The van der Waals surface area contributed by atoms with Crippen LogP contribution in [0.5, 0.6) is 5.75 Å². The number of rotatable bonds is 8. The SMILES string of the molecule is CC1=C(CCOC(=O)N(c2ccccc2)c2ccccc2)c2cccc(OCC(=O)O)c2CC1. The van der Waals surface area contributed by atoms with Gasteiger partial charge in [0.1, 0.15) is 5.75 Å². The number of carboxylic acid groups (broad SMARTS) is 1. The van der Waals surface area contributed by atoms with Crippen LogP contribution in [-0.4, -0.2) is 30.4 Å². The molecule has 0 fully saturated rings. The minimum absolute atomic E-state index is 0.224. The van der Waals surface area contributed by atoms with Crippen LogP contribution < -0.4 is 9.64 Å². The summed E-state index contributed by atoms with van der Waals surface area (Å²) in [5, 5.41) is 8.96. The van der Waals surface area contributed by atoms with Gasteiger partial charge in [0.05, 0.1) is 18.0 Å². The minimum Gasteiger partial charge on any atom is -0.482 e. The summed E-state index contributed by atoms with van der Waals surface area (Å²) >= 11 is 0. The molecule has 0 saturated heterocycles. The molecule has 174 valence electrons. The highest BCUT2D eigenvalue weighted by atomic mass is 16.6. The molecule has 3 aromatic rings. The van der Waals surface area contributed by atoms with Crippen LogP contribution in [0.4, 0.5) is 16.2 Å². The molecule has 1 amide bonds. The van der Waals surface area contributed by atoms with Crippen molar-refractivity contribution < 1.29 is 24.2 Å². The Hall–Kier alpha value is -4.06. The lowest BCUT2D eigenvalue weighted by Crippen LogP contribution is -2.27. The van der Waals surface area contributed by atoms with Gasteiger partial charge in [0.15, 0.2) is 6.61 Å². The zero-order chi connectivity index (χ0) is 23.9. The number of carbonyl (C=O) groups is 2.